The first-order chi connectivity index (χ1) is 11.2. The van der Waals surface area contributed by atoms with E-state index in [0.29, 0.717) is 25.2 Å². The molecule has 1 unspecified atom stereocenters. The van der Waals surface area contributed by atoms with Crippen LogP contribution < -0.4 is 19.5 Å². The Morgan fingerprint density at radius 1 is 1.39 bits per heavy atom. The summed E-state index contributed by atoms with van der Waals surface area (Å²) in [6.07, 6.45) is 3.41. The second kappa shape index (κ2) is 7.55. The van der Waals surface area contributed by atoms with E-state index in [1.807, 2.05) is 18.2 Å². The van der Waals surface area contributed by atoms with Crippen LogP contribution in [0.4, 0.5) is 0 Å². The van der Waals surface area contributed by atoms with Crippen LogP contribution >= 0.6 is 0 Å². The van der Waals surface area contributed by atoms with E-state index in [1.54, 1.807) is 0 Å². The molecule has 0 aliphatic carbocycles. The Morgan fingerprint density at radius 3 is 3.13 bits per heavy atom. The number of hydrogen-bond donors (Lipinski definition) is 1. The normalized spacial score (nSPS) is 20.3. The summed E-state index contributed by atoms with van der Waals surface area (Å²) in [5.74, 6) is 2.30. The number of ether oxygens (including phenoxy) is 3. The molecule has 23 heavy (non-hydrogen) atoms. The quantitative estimate of drug-likeness (QED) is 0.810. The maximum atomic E-state index is 12.0. The number of hydrogen-bond acceptors (Lipinski definition) is 5. The van der Waals surface area contributed by atoms with Gasteiger partial charge in [0.05, 0.1) is 6.61 Å². The monoisotopic (exact) mass is 320 g/mol. The van der Waals surface area contributed by atoms with Crippen LogP contribution in [0.1, 0.15) is 25.7 Å². The van der Waals surface area contributed by atoms with Crippen LogP contribution in [0.3, 0.4) is 0 Å². The lowest BCUT2D eigenvalue weighted by molar-refractivity contribution is -0.122. The molecular weight excluding hydrogens is 296 g/mol. The predicted octanol–water partition coefficient (Wildman–Crippen LogP) is 1.78. The van der Waals surface area contributed by atoms with E-state index in [0.717, 1.165) is 37.4 Å². The van der Waals surface area contributed by atoms with Crippen molar-refractivity contribution in [2.45, 2.75) is 31.7 Å². The number of piperidine rings is 1. The fourth-order valence-electron chi connectivity index (χ4n) is 2.97. The third-order valence-electron chi connectivity index (χ3n) is 4.15. The molecule has 1 N–H and O–H groups in total. The third kappa shape index (κ3) is 4.51. The van der Waals surface area contributed by atoms with Crippen molar-refractivity contribution in [2.75, 3.05) is 33.5 Å². The van der Waals surface area contributed by atoms with Crippen molar-refractivity contribution < 1.29 is 19.0 Å². The maximum absolute atomic E-state index is 12.0. The summed E-state index contributed by atoms with van der Waals surface area (Å²) in [5.41, 5.74) is 0. The van der Waals surface area contributed by atoms with E-state index < -0.39 is 0 Å². The van der Waals surface area contributed by atoms with Crippen LogP contribution in [-0.4, -0.2) is 50.4 Å². The summed E-state index contributed by atoms with van der Waals surface area (Å²) >= 11 is 0. The fraction of sp³-hybridized carbons (Fsp3) is 0.588. The largest absolute Gasteiger partial charge is 0.493 e. The number of fused-ring (bicyclic) bond motifs is 1. The summed E-state index contributed by atoms with van der Waals surface area (Å²) in [5, 5.41) is 3.11. The number of nitrogens with one attached hydrogen (secondary N) is 1. The zero-order chi connectivity index (χ0) is 16.1. The molecular formula is C17H24N2O4. The van der Waals surface area contributed by atoms with Gasteiger partial charge in [-0.05, 0) is 45.0 Å². The minimum Gasteiger partial charge on any atom is -0.493 e. The Balaban J connectivity index is 1.34. The van der Waals surface area contributed by atoms with Crippen LogP contribution in [0.2, 0.25) is 0 Å². The topological polar surface area (TPSA) is 60.0 Å². The van der Waals surface area contributed by atoms with Crippen molar-refractivity contribution >= 4 is 5.91 Å². The van der Waals surface area contributed by atoms with Crippen LogP contribution in [0.15, 0.2) is 18.2 Å². The highest BCUT2D eigenvalue weighted by atomic mass is 16.7. The lowest BCUT2D eigenvalue weighted by atomic mass is 10.1. The van der Waals surface area contributed by atoms with E-state index in [4.69, 9.17) is 14.2 Å². The molecule has 0 aromatic heterocycles. The van der Waals surface area contributed by atoms with Crippen molar-refractivity contribution in [2.24, 2.45) is 0 Å². The highest BCUT2D eigenvalue weighted by molar-refractivity contribution is 5.76. The van der Waals surface area contributed by atoms with Gasteiger partial charge in [0.15, 0.2) is 11.5 Å². The van der Waals surface area contributed by atoms with Gasteiger partial charge in [-0.3, -0.25) is 4.79 Å². The number of carbonyl (C=O) groups is 1. The number of carbonyl (C=O) groups excluding carboxylic acids is 1. The third-order valence-corrected chi connectivity index (χ3v) is 4.15. The predicted molar refractivity (Wildman–Crippen MR) is 86.0 cm³/mol. The molecule has 0 bridgehead atoms. The molecule has 0 radical (unpaired) electrons. The molecule has 2 aliphatic heterocycles. The summed E-state index contributed by atoms with van der Waals surface area (Å²) in [7, 11) is 2.09. The smallest absolute Gasteiger partial charge is 0.231 e. The average Bonchev–Trinajstić information content (AvgIpc) is 2.99. The number of likely N-dealkylation sites (N-methyl/N-ethyl adjacent to an activating group) is 1. The molecule has 1 aromatic carbocycles. The zero-order valence-corrected chi connectivity index (χ0v) is 13.5. The second-order valence-corrected chi connectivity index (χ2v) is 6.14. The van der Waals surface area contributed by atoms with Gasteiger partial charge in [-0.15, -0.1) is 0 Å². The van der Waals surface area contributed by atoms with Crippen molar-refractivity contribution in [1.82, 2.24) is 10.2 Å². The van der Waals surface area contributed by atoms with Gasteiger partial charge < -0.3 is 24.4 Å². The molecule has 1 saturated heterocycles. The van der Waals surface area contributed by atoms with Crippen LogP contribution in [0.5, 0.6) is 17.2 Å². The Morgan fingerprint density at radius 2 is 2.26 bits per heavy atom. The Labute approximate surface area is 136 Å². The standard InChI is InChI=1S/C17H24N2O4/c1-19-8-2-4-13(11-19)18-17(20)5-3-9-21-14-6-7-15-16(10-14)23-12-22-15/h6-7,10,13H,2-5,8-9,11-12H2,1H3,(H,18,20). The number of likely N-dealkylation sites (tertiary alicyclic amines) is 1. The molecule has 1 atom stereocenters. The number of amides is 1. The van der Waals surface area contributed by atoms with Crippen molar-refractivity contribution in [1.29, 1.82) is 0 Å². The van der Waals surface area contributed by atoms with Gasteiger partial charge >= 0.3 is 0 Å². The fourth-order valence-corrected chi connectivity index (χ4v) is 2.97. The number of rotatable bonds is 6. The highest BCUT2D eigenvalue weighted by Gasteiger charge is 2.18. The Kier molecular flexibility index (Phi) is 5.23. The zero-order valence-electron chi connectivity index (χ0n) is 13.5. The maximum Gasteiger partial charge on any atom is 0.231 e. The van der Waals surface area contributed by atoms with Crippen LogP contribution in [-0.2, 0) is 4.79 Å². The SMILES string of the molecule is CN1CCCC(NC(=O)CCCOc2ccc3c(c2)OCO3)C1. The molecule has 6 heteroatoms. The molecule has 6 nitrogen and oxygen atoms in total. The molecule has 0 spiro atoms. The summed E-state index contributed by atoms with van der Waals surface area (Å²) in [6, 6.07) is 5.80. The first kappa shape index (κ1) is 15.9. The molecule has 1 amide bonds. The average molecular weight is 320 g/mol. The van der Waals surface area contributed by atoms with E-state index in [1.165, 1.54) is 0 Å². The number of nitrogens with zero attached hydrogens (tertiary/aromatic N) is 1. The van der Waals surface area contributed by atoms with Crippen molar-refractivity contribution in [3.63, 3.8) is 0 Å². The second-order valence-electron chi connectivity index (χ2n) is 6.14. The summed E-state index contributed by atoms with van der Waals surface area (Å²) in [6.45, 7) is 2.84. The molecule has 3 rings (SSSR count). The molecule has 1 fully saturated rings. The van der Waals surface area contributed by atoms with Crippen molar-refractivity contribution in [3.05, 3.63) is 18.2 Å². The first-order valence-electron chi connectivity index (χ1n) is 8.21. The molecule has 126 valence electrons. The van der Waals surface area contributed by atoms with Gasteiger partial charge in [-0.1, -0.05) is 0 Å². The first-order valence-corrected chi connectivity index (χ1v) is 8.21. The molecule has 0 saturated carbocycles. The number of benzene rings is 1. The Bertz CT molecular complexity index is 549. The van der Waals surface area contributed by atoms with Gasteiger partial charge in [0.1, 0.15) is 5.75 Å². The highest BCUT2D eigenvalue weighted by Crippen LogP contribution is 2.35. The Hall–Kier alpha value is -1.95. The van der Waals surface area contributed by atoms with Gasteiger partial charge in [-0.2, -0.15) is 0 Å². The van der Waals surface area contributed by atoms with Crippen LogP contribution in [0, 0.1) is 0 Å². The molecule has 2 heterocycles. The minimum atomic E-state index is 0.111. The molecule has 2 aliphatic rings. The van der Waals surface area contributed by atoms with Gasteiger partial charge in [0.2, 0.25) is 12.7 Å². The van der Waals surface area contributed by atoms with Crippen molar-refractivity contribution in [3.8, 4) is 17.2 Å². The van der Waals surface area contributed by atoms with E-state index in [2.05, 4.69) is 17.3 Å². The van der Waals surface area contributed by atoms with Gasteiger partial charge in [-0.25, -0.2) is 0 Å². The van der Waals surface area contributed by atoms with E-state index in [-0.39, 0.29) is 18.7 Å². The lowest BCUT2D eigenvalue weighted by Gasteiger charge is -2.30. The van der Waals surface area contributed by atoms with Gasteiger partial charge in [0.25, 0.3) is 0 Å². The molecule has 1 aromatic rings. The minimum absolute atomic E-state index is 0.111. The van der Waals surface area contributed by atoms with E-state index in [9.17, 15) is 4.79 Å². The summed E-state index contributed by atoms with van der Waals surface area (Å²) in [4.78, 5) is 14.2. The van der Waals surface area contributed by atoms with Gasteiger partial charge in [0, 0.05) is 25.1 Å². The lowest BCUT2D eigenvalue weighted by Crippen LogP contribution is -2.46. The van der Waals surface area contributed by atoms with Crippen LogP contribution in [0.25, 0.3) is 0 Å². The van der Waals surface area contributed by atoms with E-state index >= 15 is 0 Å². The summed E-state index contributed by atoms with van der Waals surface area (Å²) < 4.78 is 16.2.